The quantitative estimate of drug-likeness (QED) is 0.657. The average Bonchev–Trinajstić information content (AvgIpc) is 2.35. The van der Waals surface area contributed by atoms with Gasteiger partial charge < -0.3 is 10.4 Å². The van der Waals surface area contributed by atoms with E-state index in [4.69, 9.17) is 11.6 Å². The fraction of sp³-hybridized carbons (Fsp3) is 0.231. The van der Waals surface area contributed by atoms with Crippen LogP contribution in [0.5, 0.6) is 5.75 Å². The highest BCUT2D eigenvalue weighted by molar-refractivity contribution is 8.00. The van der Waals surface area contributed by atoms with Crippen LogP contribution in [0.4, 0.5) is 11.5 Å². The summed E-state index contributed by atoms with van der Waals surface area (Å²) in [6, 6.07) is 7.85. The van der Waals surface area contributed by atoms with E-state index in [0.717, 1.165) is 10.6 Å². The number of nitrogens with zero attached hydrogens (tertiary/aromatic N) is 2. The van der Waals surface area contributed by atoms with Crippen LogP contribution in [0, 0.1) is 0 Å². The number of benzene rings is 1. The fourth-order valence-electron chi connectivity index (χ4n) is 1.50. The van der Waals surface area contributed by atoms with Crippen molar-refractivity contribution in [3.8, 4) is 5.75 Å². The Labute approximate surface area is 121 Å². The van der Waals surface area contributed by atoms with Crippen LogP contribution in [-0.2, 0) is 0 Å². The zero-order valence-corrected chi connectivity index (χ0v) is 12.2. The van der Waals surface area contributed by atoms with Crippen molar-refractivity contribution in [3.05, 3.63) is 35.7 Å². The Bertz CT molecular complexity index is 578. The average molecular weight is 296 g/mol. The lowest BCUT2D eigenvalue weighted by molar-refractivity contribution is 0.472. The third-order valence-corrected chi connectivity index (χ3v) is 3.51. The van der Waals surface area contributed by atoms with E-state index in [2.05, 4.69) is 29.1 Å². The van der Waals surface area contributed by atoms with Gasteiger partial charge in [0.1, 0.15) is 0 Å². The van der Waals surface area contributed by atoms with Crippen molar-refractivity contribution in [2.75, 3.05) is 5.32 Å². The summed E-state index contributed by atoms with van der Waals surface area (Å²) >= 11 is 7.46. The molecule has 2 rings (SSSR count). The number of para-hydroxylation sites is 1. The van der Waals surface area contributed by atoms with E-state index in [1.165, 1.54) is 6.20 Å². The Morgan fingerprint density at radius 1 is 1.32 bits per heavy atom. The van der Waals surface area contributed by atoms with Gasteiger partial charge in [-0.05, 0) is 23.7 Å². The maximum absolute atomic E-state index is 9.72. The second-order valence-corrected chi connectivity index (χ2v) is 6.12. The smallest absolute Gasteiger partial charge is 0.224 e. The summed E-state index contributed by atoms with van der Waals surface area (Å²) in [5.41, 5.74) is 0.881. The van der Waals surface area contributed by atoms with E-state index in [1.54, 1.807) is 11.8 Å². The number of thioether (sulfide) groups is 1. The van der Waals surface area contributed by atoms with Gasteiger partial charge in [-0.1, -0.05) is 26.0 Å². The summed E-state index contributed by atoms with van der Waals surface area (Å²) in [7, 11) is 0. The predicted molar refractivity (Wildman–Crippen MR) is 79.4 cm³/mol. The minimum atomic E-state index is -0.0336. The highest BCUT2D eigenvalue weighted by atomic mass is 35.5. The molecular formula is C13H14ClN3OS. The van der Waals surface area contributed by atoms with Crippen LogP contribution in [0.2, 0.25) is 5.28 Å². The molecule has 4 nitrogen and oxygen atoms in total. The number of halogens is 1. The highest BCUT2D eigenvalue weighted by Crippen LogP contribution is 2.33. The molecule has 0 saturated carbocycles. The van der Waals surface area contributed by atoms with Gasteiger partial charge in [0, 0.05) is 10.1 Å². The van der Waals surface area contributed by atoms with E-state index in [1.807, 2.05) is 24.3 Å². The van der Waals surface area contributed by atoms with Crippen LogP contribution in [0.25, 0.3) is 0 Å². The lowest BCUT2D eigenvalue weighted by Crippen LogP contribution is -1.98. The maximum atomic E-state index is 9.72. The molecule has 0 atom stereocenters. The molecule has 0 fully saturated rings. The van der Waals surface area contributed by atoms with Crippen molar-refractivity contribution < 1.29 is 5.11 Å². The Morgan fingerprint density at radius 3 is 2.79 bits per heavy atom. The largest absolute Gasteiger partial charge is 0.503 e. The number of hydrogen-bond acceptors (Lipinski definition) is 5. The molecule has 0 bridgehead atoms. The molecule has 1 aromatic heterocycles. The number of nitrogens with one attached hydrogen (secondary N) is 1. The fourth-order valence-corrected chi connectivity index (χ4v) is 2.54. The molecule has 1 aromatic carbocycles. The summed E-state index contributed by atoms with van der Waals surface area (Å²) in [6.07, 6.45) is 1.27. The second kappa shape index (κ2) is 6.12. The topological polar surface area (TPSA) is 58.0 Å². The van der Waals surface area contributed by atoms with Crippen molar-refractivity contribution in [1.29, 1.82) is 0 Å². The van der Waals surface area contributed by atoms with Crippen LogP contribution in [0.1, 0.15) is 13.8 Å². The van der Waals surface area contributed by atoms with Crippen LogP contribution in [0.15, 0.2) is 35.4 Å². The van der Waals surface area contributed by atoms with Gasteiger partial charge in [0.25, 0.3) is 0 Å². The van der Waals surface area contributed by atoms with Crippen molar-refractivity contribution >= 4 is 34.9 Å². The molecule has 100 valence electrons. The first-order chi connectivity index (χ1) is 9.06. The molecule has 0 amide bonds. The molecule has 0 unspecified atom stereocenters. The lowest BCUT2D eigenvalue weighted by atomic mass is 10.3. The Kier molecular flexibility index (Phi) is 4.50. The van der Waals surface area contributed by atoms with E-state index in [-0.39, 0.29) is 11.0 Å². The van der Waals surface area contributed by atoms with Gasteiger partial charge >= 0.3 is 0 Å². The first-order valence-electron chi connectivity index (χ1n) is 5.80. The Balaban J connectivity index is 2.30. The first-order valence-corrected chi connectivity index (χ1v) is 7.06. The molecular weight excluding hydrogens is 282 g/mol. The monoisotopic (exact) mass is 295 g/mol. The molecule has 6 heteroatoms. The predicted octanol–water partition coefficient (Wildman–Crippen LogP) is 4.08. The lowest BCUT2D eigenvalue weighted by Gasteiger charge is -2.13. The van der Waals surface area contributed by atoms with Crippen molar-refractivity contribution in [2.24, 2.45) is 0 Å². The maximum Gasteiger partial charge on any atom is 0.224 e. The van der Waals surface area contributed by atoms with Crippen LogP contribution >= 0.6 is 23.4 Å². The summed E-state index contributed by atoms with van der Waals surface area (Å²) < 4.78 is 0. The van der Waals surface area contributed by atoms with Crippen LogP contribution in [0.3, 0.4) is 0 Å². The third-order valence-electron chi connectivity index (χ3n) is 2.24. The highest BCUT2D eigenvalue weighted by Gasteiger charge is 2.09. The minimum Gasteiger partial charge on any atom is -0.503 e. The van der Waals surface area contributed by atoms with Crippen molar-refractivity contribution in [2.45, 2.75) is 24.0 Å². The Hall–Kier alpha value is -1.46. The standard InChI is InChI=1S/C13H14ClN3OS/c1-8(2)19-11-6-4-3-5-9(11)16-12-10(18)7-15-13(14)17-12/h3-8,18H,1-2H3,(H,15,16,17). The molecule has 2 aromatic rings. The summed E-state index contributed by atoms with van der Waals surface area (Å²) in [6.45, 7) is 4.25. The van der Waals surface area contributed by atoms with Gasteiger partial charge in [0.05, 0.1) is 11.9 Å². The van der Waals surface area contributed by atoms with E-state index >= 15 is 0 Å². The normalized spacial score (nSPS) is 10.7. The zero-order chi connectivity index (χ0) is 13.8. The van der Waals surface area contributed by atoms with Crippen molar-refractivity contribution in [3.63, 3.8) is 0 Å². The van der Waals surface area contributed by atoms with E-state index in [9.17, 15) is 5.11 Å². The van der Waals surface area contributed by atoms with Crippen LogP contribution < -0.4 is 5.32 Å². The third kappa shape index (κ3) is 3.75. The second-order valence-electron chi connectivity index (χ2n) is 4.16. The van der Waals surface area contributed by atoms with E-state index < -0.39 is 0 Å². The minimum absolute atomic E-state index is 0.0336. The molecule has 0 aliphatic rings. The summed E-state index contributed by atoms with van der Waals surface area (Å²) in [5, 5.41) is 13.4. The number of aromatic hydroxyl groups is 1. The number of anilines is 2. The zero-order valence-electron chi connectivity index (χ0n) is 10.6. The van der Waals surface area contributed by atoms with Gasteiger partial charge in [0.15, 0.2) is 11.6 Å². The number of rotatable bonds is 4. The molecule has 0 radical (unpaired) electrons. The van der Waals surface area contributed by atoms with Crippen LogP contribution in [-0.4, -0.2) is 20.3 Å². The molecule has 0 aliphatic heterocycles. The van der Waals surface area contributed by atoms with Gasteiger partial charge in [-0.2, -0.15) is 4.98 Å². The summed E-state index contributed by atoms with van der Waals surface area (Å²) in [5.74, 6) is 0.269. The van der Waals surface area contributed by atoms with E-state index in [0.29, 0.717) is 11.1 Å². The Morgan fingerprint density at radius 2 is 2.05 bits per heavy atom. The van der Waals surface area contributed by atoms with Gasteiger partial charge in [-0.15, -0.1) is 11.8 Å². The first kappa shape index (κ1) is 14.0. The van der Waals surface area contributed by atoms with Gasteiger partial charge in [0.2, 0.25) is 5.28 Å². The van der Waals surface area contributed by atoms with Gasteiger partial charge in [-0.3, -0.25) is 0 Å². The summed E-state index contributed by atoms with van der Waals surface area (Å²) in [4.78, 5) is 8.77. The molecule has 0 aliphatic carbocycles. The molecule has 2 N–H and O–H groups in total. The number of hydrogen-bond donors (Lipinski definition) is 2. The molecule has 0 spiro atoms. The molecule has 19 heavy (non-hydrogen) atoms. The number of aromatic nitrogens is 2. The van der Waals surface area contributed by atoms with Gasteiger partial charge in [-0.25, -0.2) is 4.98 Å². The molecule has 1 heterocycles. The van der Waals surface area contributed by atoms with Crippen molar-refractivity contribution in [1.82, 2.24) is 9.97 Å². The molecule has 0 saturated heterocycles. The SMILES string of the molecule is CC(C)Sc1ccccc1Nc1nc(Cl)ncc1O.